The summed E-state index contributed by atoms with van der Waals surface area (Å²) >= 11 is 1.64. The van der Waals surface area contributed by atoms with Crippen molar-refractivity contribution in [1.29, 1.82) is 0 Å². The van der Waals surface area contributed by atoms with Gasteiger partial charge in [-0.05, 0) is 43.6 Å². The molecule has 0 amide bonds. The van der Waals surface area contributed by atoms with Crippen molar-refractivity contribution in [2.24, 2.45) is 0 Å². The number of benzene rings is 1. The maximum Gasteiger partial charge on any atom is 0.194 e. The fourth-order valence-corrected chi connectivity index (χ4v) is 3.79. The Hall–Kier alpha value is -1.72. The zero-order valence-electron chi connectivity index (χ0n) is 13.6. The SMILES string of the molecule is CCCN(CCC)Cc1cn2cc(-c3ccc(F)cc3)sc2n1. The molecule has 0 aliphatic carbocycles. The van der Waals surface area contributed by atoms with Gasteiger partial charge in [-0.2, -0.15) is 0 Å². The summed E-state index contributed by atoms with van der Waals surface area (Å²) in [4.78, 5) is 9.30. The van der Waals surface area contributed by atoms with Crippen LogP contribution in [0.3, 0.4) is 0 Å². The lowest BCUT2D eigenvalue weighted by atomic mass is 10.2. The lowest BCUT2D eigenvalue weighted by Gasteiger charge is -2.19. The first kappa shape index (κ1) is 16.1. The number of aromatic nitrogens is 2. The van der Waals surface area contributed by atoms with Gasteiger partial charge >= 0.3 is 0 Å². The van der Waals surface area contributed by atoms with Crippen LogP contribution in [0.1, 0.15) is 32.4 Å². The van der Waals surface area contributed by atoms with Gasteiger partial charge in [0.2, 0.25) is 0 Å². The van der Waals surface area contributed by atoms with Crippen LogP contribution in [0.5, 0.6) is 0 Å². The lowest BCUT2D eigenvalue weighted by Crippen LogP contribution is -2.25. The summed E-state index contributed by atoms with van der Waals surface area (Å²) in [5.41, 5.74) is 2.14. The molecule has 0 spiro atoms. The van der Waals surface area contributed by atoms with E-state index in [0.717, 1.165) is 53.6 Å². The summed E-state index contributed by atoms with van der Waals surface area (Å²) < 4.78 is 15.1. The smallest absolute Gasteiger partial charge is 0.194 e. The second-order valence-corrected chi connectivity index (χ2v) is 6.81. The molecule has 0 bridgehead atoms. The molecule has 3 aromatic rings. The highest BCUT2D eigenvalue weighted by molar-refractivity contribution is 7.20. The van der Waals surface area contributed by atoms with E-state index in [1.807, 2.05) is 12.1 Å². The Bertz CT molecular complexity index is 723. The molecule has 3 nitrogen and oxygen atoms in total. The predicted molar refractivity (Wildman–Crippen MR) is 94.3 cm³/mol. The molecule has 2 heterocycles. The molecule has 0 unspecified atom stereocenters. The molecule has 0 aliphatic rings. The zero-order chi connectivity index (χ0) is 16.2. The Balaban J connectivity index is 1.78. The van der Waals surface area contributed by atoms with Crippen LogP contribution in [0, 0.1) is 5.82 Å². The largest absolute Gasteiger partial charge is 0.297 e. The van der Waals surface area contributed by atoms with Crippen LogP contribution in [0.4, 0.5) is 4.39 Å². The molecule has 1 aromatic carbocycles. The van der Waals surface area contributed by atoms with Crippen molar-refractivity contribution in [3.8, 4) is 10.4 Å². The van der Waals surface area contributed by atoms with Crippen molar-refractivity contribution in [2.45, 2.75) is 33.2 Å². The summed E-state index contributed by atoms with van der Waals surface area (Å²) in [7, 11) is 0. The van der Waals surface area contributed by atoms with E-state index in [2.05, 4.69) is 35.5 Å². The first-order valence-corrected chi connectivity index (χ1v) is 8.97. The first-order valence-electron chi connectivity index (χ1n) is 8.15. The molecule has 2 aromatic heterocycles. The molecule has 122 valence electrons. The van der Waals surface area contributed by atoms with E-state index in [-0.39, 0.29) is 5.82 Å². The molecular formula is C18H22FN3S. The third-order valence-corrected chi connectivity index (χ3v) is 4.85. The highest BCUT2D eigenvalue weighted by Gasteiger charge is 2.11. The quantitative estimate of drug-likeness (QED) is 0.618. The summed E-state index contributed by atoms with van der Waals surface area (Å²) in [6.07, 6.45) is 6.51. The standard InChI is InChI=1S/C18H22FN3S/c1-3-9-21(10-4-2)11-16-12-22-13-17(23-18(22)20-16)14-5-7-15(19)8-6-14/h5-8,12-13H,3-4,9-11H2,1-2H3. The third-order valence-electron chi connectivity index (χ3n) is 3.80. The lowest BCUT2D eigenvalue weighted by molar-refractivity contribution is 0.264. The highest BCUT2D eigenvalue weighted by atomic mass is 32.1. The summed E-state index contributed by atoms with van der Waals surface area (Å²) in [6.45, 7) is 7.55. The topological polar surface area (TPSA) is 20.5 Å². The highest BCUT2D eigenvalue weighted by Crippen LogP contribution is 2.28. The van der Waals surface area contributed by atoms with E-state index in [0.29, 0.717) is 0 Å². The van der Waals surface area contributed by atoms with E-state index >= 15 is 0 Å². The van der Waals surface area contributed by atoms with Gasteiger partial charge in [-0.15, -0.1) is 0 Å². The van der Waals surface area contributed by atoms with Crippen LogP contribution >= 0.6 is 11.3 Å². The maximum absolute atomic E-state index is 13.0. The second-order valence-electron chi connectivity index (χ2n) is 5.80. The van der Waals surface area contributed by atoms with Crippen molar-refractivity contribution in [3.05, 3.63) is 48.2 Å². The second kappa shape index (κ2) is 7.23. The Morgan fingerprint density at radius 3 is 2.39 bits per heavy atom. The summed E-state index contributed by atoms with van der Waals surface area (Å²) in [5.74, 6) is -0.204. The molecule has 0 fully saturated rings. The zero-order valence-corrected chi connectivity index (χ0v) is 14.4. The summed E-state index contributed by atoms with van der Waals surface area (Å²) in [5, 5.41) is 0. The van der Waals surface area contributed by atoms with E-state index in [1.165, 1.54) is 12.1 Å². The Morgan fingerprint density at radius 2 is 1.78 bits per heavy atom. The van der Waals surface area contributed by atoms with Gasteiger partial charge in [0.05, 0.1) is 10.6 Å². The molecule has 0 atom stereocenters. The third kappa shape index (κ3) is 3.79. The van der Waals surface area contributed by atoms with Crippen molar-refractivity contribution < 1.29 is 4.39 Å². The van der Waals surface area contributed by atoms with Gasteiger partial charge in [-0.3, -0.25) is 9.30 Å². The first-order chi connectivity index (χ1) is 11.2. The molecule has 0 N–H and O–H groups in total. The average Bonchev–Trinajstić information content (AvgIpc) is 3.07. The van der Waals surface area contributed by atoms with Crippen LogP contribution in [0.15, 0.2) is 36.7 Å². The maximum atomic E-state index is 13.0. The molecule has 5 heteroatoms. The molecule has 0 aliphatic heterocycles. The van der Waals surface area contributed by atoms with Crippen LogP contribution in [-0.4, -0.2) is 27.4 Å². The number of halogens is 1. The predicted octanol–water partition coefficient (Wildman–Crippen LogP) is 4.82. The summed E-state index contributed by atoms with van der Waals surface area (Å²) in [6, 6.07) is 6.62. The molecule has 0 saturated carbocycles. The minimum absolute atomic E-state index is 0.204. The van der Waals surface area contributed by atoms with Gasteiger partial charge in [-0.1, -0.05) is 37.3 Å². The van der Waals surface area contributed by atoms with Gasteiger partial charge in [-0.25, -0.2) is 9.37 Å². The number of hydrogen-bond acceptors (Lipinski definition) is 3. The molecule has 0 radical (unpaired) electrons. The van der Waals surface area contributed by atoms with E-state index in [1.54, 1.807) is 11.3 Å². The van der Waals surface area contributed by atoms with Crippen molar-refractivity contribution in [1.82, 2.24) is 14.3 Å². The fraction of sp³-hybridized carbons (Fsp3) is 0.389. The number of fused-ring (bicyclic) bond motifs is 1. The molecule has 23 heavy (non-hydrogen) atoms. The fourth-order valence-electron chi connectivity index (χ4n) is 2.80. The number of nitrogens with zero attached hydrogens (tertiary/aromatic N) is 3. The van der Waals surface area contributed by atoms with Gasteiger partial charge in [0, 0.05) is 18.9 Å². The van der Waals surface area contributed by atoms with Gasteiger partial charge in [0.1, 0.15) is 5.82 Å². The Labute approximate surface area is 140 Å². The molecule has 3 rings (SSSR count). The van der Waals surface area contributed by atoms with Crippen LogP contribution in [0.25, 0.3) is 15.4 Å². The number of imidazole rings is 1. The van der Waals surface area contributed by atoms with Crippen molar-refractivity contribution >= 4 is 16.3 Å². The minimum atomic E-state index is -0.204. The van der Waals surface area contributed by atoms with Crippen LogP contribution < -0.4 is 0 Å². The monoisotopic (exact) mass is 331 g/mol. The van der Waals surface area contributed by atoms with Gasteiger partial charge in [0.25, 0.3) is 0 Å². The van der Waals surface area contributed by atoms with Crippen LogP contribution in [-0.2, 0) is 6.54 Å². The van der Waals surface area contributed by atoms with E-state index in [9.17, 15) is 4.39 Å². The number of rotatable bonds is 7. The normalized spacial score (nSPS) is 11.7. The van der Waals surface area contributed by atoms with E-state index in [4.69, 9.17) is 4.98 Å². The van der Waals surface area contributed by atoms with E-state index < -0.39 is 0 Å². The minimum Gasteiger partial charge on any atom is -0.297 e. The Morgan fingerprint density at radius 1 is 1.09 bits per heavy atom. The molecular weight excluding hydrogens is 309 g/mol. The van der Waals surface area contributed by atoms with Crippen LogP contribution in [0.2, 0.25) is 0 Å². The average molecular weight is 331 g/mol. The van der Waals surface area contributed by atoms with Gasteiger partial charge in [0.15, 0.2) is 4.96 Å². The molecule has 0 saturated heterocycles. The van der Waals surface area contributed by atoms with Crippen molar-refractivity contribution in [2.75, 3.05) is 13.1 Å². The van der Waals surface area contributed by atoms with Gasteiger partial charge < -0.3 is 0 Å². The Kier molecular flexibility index (Phi) is 5.08. The number of thiazole rings is 1. The number of hydrogen-bond donors (Lipinski definition) is 0. The van der Waals surface area contributed by atoms with Crippen molar-refractivity contribution in [3.63, 3.8) is 0 Å².